The highest BCUT2D eigenvalue weighted by Crippen LogP contribution is 2.35. The van der Waals surface area contributed by atoms with E-state index in [1.807, 2.05) is 29.2 Å². The van der Waals surface area contributed by atoms with Gasteiger partial charge in [0, 0.05) is 15.2 Å². The van der Waals surface area contributed by atoms with E-state index in [9.17, 15) is 0 Å². The summed E-state index contributed by atoms with van der Waals surface area (Å²) in [7, 11) is 0. The molecule has 0 bridgehead atoms. The van der Waals surface area contributed by atoms with Crippen LogP contribution in [0, 0.1) is 6.92 Å². The van der Waals surface area contributed by atoms with E-state index in [1.165, 1.54) is 11.1 Å². The molecule has 0 aromatic heterocycles. The molecule has 21 heavy (non-hydrogen) atoms. The summed E-state index contributed by atoms with van der Waals surface area (Å²) >= 11 is 9.75. The number of benzene rings is 2. The molecule has 0 radical (unpaired) electrons. The highest BCUT2D eigenvalue weighted by molar-refractivity contribution is 9.10. The lowest BCUT2D eigenvalue weighted by Gasteiger charge is -2.27. The third kappa shape index (κ3) is 2.78. The minimum Gasteiger partial charge on any atom is -0.369 e. The summed E-state index contributed by atoms with van der Waals surface area (Å²) in [6, 6.07) is 14.1. The van der Waals surface area contributed by atoms with Gasteiger partial charge >= 0.3 is 0 Å². The van der Waals surface area contributed by atoms with Gasteiger partial charge in [-0.25, -0.2) is 0 Å². The molecule has 2 aromatic rings. The van der Waals surface area contributed by atoms with E-state index in [2.05, 4.69) is 46.0 Å². The molecule has 0 saturated carbocycles. The lowest BCUT2D eigenvalue weighted by molar-refractivity contribution is 0.764. The normalized spacial score (nSPS) is 18.0. The van der Waals surface area contributed by atoms with Gasteiger partial charge in [-0.05, 0) is 42.3 Å². The predicted octanol–water partition coefficient (Wildman–Crippen LogP) is 4.29. The van der Waals surface area contributed by atoms with Crippen LogP contribution in [0.3, 0.4) is 0 Å². The van der Waals surface area contributed by atoms with Crippen LogP contribution in [0.15, 0.2) is 51.9 Å². The fourth-order valence-electron chi connectivity index (χ4n) is 2.58. The SMILES string of the molecule is Cc1ccc(C2CN=C(N)N2c2cccc(Cl)c2)c(Br)c1. The maximum Gasteiger partial charge on any atom is 0.196 e. The molecular weight excluding hydrogens is 350 g/mol. The monoisotopic (exact) mass is 363 g/mol. The van der Waals surface area contributed by atoms with Gasteiger partial charge in [-0.15, -0.1) is 0 Å². The minimum absolute atomic E-state index is 0.0819. The number of aryl methyl sites for hydroxylation is 1. The second-order valence-corrected chi connectivity index (χ2v) is 6.38. The first-order valence-electron chi connectivity index (χ1n) is 6.67. The first-order chi connectivity index (χ1) is 10.1. The third-order valence-corrected chi connectivity index (χ3v) is 4.51. The molecule has 0 spiro atoms. The fraction of sp³-hybridized carbons (Fsp3) is 0.188. The zero-order valence-electron chi connectivity index (χ0n) is 11.6. The molecule has 0 saturated heterocycles. The van der Waals surface area contributed by atoms with Crippen molar-refractivity contribution in [3.63, 3.8) is 0 Å². The van der Waals surface area contributed by atoms with Crippen molar-refractivity contribution in [3.05, 3.63) is 63.1 Å². The van der Waals surface area contributed by atoms with E-state index >= 15 is 0 Å². The second kappa shape index (κ2) is 5.70. The summed E-state index contributed by atoms with van der Waals surface area (Å²) in [5.41, 5.74) is 9.43. The average Bonchev–Trinajstić information content (AvgIpc) is 2.80. The molecule has 0 fully saturated rings. The first-order valence-corrected chi connectivity index (χ1v) is 7.84. The molecule has 1 atom stereocenters. The molecule has 1 aliphatic rings. The van der Waals surface area contributed by atoms with Crippen LogP contribution < -0.4 is 10.6 Å². The Balaban J connectivity index is 2.03. The van der Waals surface area contributed by atoms with Crippen LogP contribution in [-0.4, -0.2) is 12.5 Å². The van der Waals surface area contributed by atoms with Crippen molar-refractivity contribution in [1.82, 2.24) is 0 Å². The number of guanidine groups is 1. The van der Waals surface area contributed by atoms with Crippen molar-refractivity contribution < 1.29 is 0 Å². The number of rotatable bonds is 2. The highest BCUT2D eigenvalue weighted by atomic mass is 79.9. The van der Waals surface area contributed by atoms with Gasteiger partial charge in [-0.2, -0.15) is 0 Å². The van der Waals surface area contributed by atoms with Crippen LogP contribution in [-0.2, 0) is 0 Å². The van der Waals surface area contributed by atoms with Crippen LogP contribution in [0.4, 0.5) is 5.69 Å². The Morgan fingerprint density at radius 3 is 2.81 bits per heavy atom. The summed E-state index contributed by atoms with van der Waals surface area (Å²) in [6.07, 6.45) is 0. The van der Waals surface area contributed by atoms with Gasteiger partial charge in [-0.3, -0.25) is 4.99 Å². The van der Waals surface area contributed by atoms with E-state index in [-0.39, 0.29) is 6.04 Å². The van der Waals surface area contributed by atoms with Crippen LogP contribution in [0.25, 0.3) is 0 Å². The number of aliphatic imine (C=N–C) groups is 1. The number of hydrogen-bond acceptors (Lipinski definition) is 3. The standard InChI is InChI=1S/C16H15BrClN3/c1-10-5-6-13(14(17)7-10)15-9-20-16(19)21(15)12-4-2-3-11(18)8-12/h2-8,15H,9H2,1H3,(H2,19,20). The quantitative estimate of drug-likeness (QED) is 0.864. The number of halogens is 2. The Kier molecular flexibility index (Phi) is 3.91. The molecule has 1 aliphatic heterocycles. The molecular formula is C16H15BrClN3. The van der Waals surface area contributed by atoms with E-state index in [4.69, 9.17) is 17.3 Å². The van der Waals surface area contributed by atoms with E-state index in [0.29, 0.717) is 17.5 Å². The summed E-state index contributed by atoms with van der Waals surface area (Å²) in [6.45, 7) is 2.71. The molecule has 108 valence electrons. The van der Waals surface area contributed by atoms with Gasteiger partial charge in [-0.1, -0.05) is 45.7 Å². The molecule has 1 heterocycles. The summed E-state index contributed by atoms with van der Waals surface area (Å²) in [5.74, 6) is 0.523. The molecule has 0 amide bonds. The lowest BCUT2D eigenvalue weighted by Crippen LogP contribution is -2.36. The Morgan fingerprint density at radius 2 is 2.10 bits per heavy atom. The maximum atomic E-state index is 6.10. The zero-order valence-corrected chi connectivity index (χ0v) is 13.9. The molecule has 2 aromatic carbocycles. The van der Waals surface area contributed by atoms with Crippen molar-refractivity contribution in [2.45, 2.75) is 13.0 Å². The Hall–Kier alpha value is -1.52. The van der Waals surface area contributed by atoms with Crippen LogP contribution in [0.5, 0.6) is 0 Å². The van der Waals surface area contributed by atoms with Crippen molar-refractivity contribution in [1.29, 1.82) is 0 Å². The van der Waals surface area contributed by atoms with Gasteiger partial charge < -0.3 is 10.6 Å². The number of nitrogens with two attached hydrogens (primary N) is 1. The van der Waals surface area contributed by atoms with Crippen LogP contribution >= 0.6 is 27.5 Å². The second-order valence-electron chi connectivity index (χ2n) is 5.09. The van der Waals surface area contributed by atoms with Crippen LogP contribution in [0.2, 0.25) is 5.02 Å². The Bertz CT molecular complexity index is 714. The number of anilines is 1. The van der Waals surface area contributed by atoms with Crippen molar-refractivity contribution in [2.75, 3.05) is 11.4 Å². The fourth-order valence-corrected chi connectivity index (χ4v) is 3.52. The van der Waals surface area contributed by atoms with E-state index in [0.717, 1.165) is 10.2 Å². The number of hydrogen-bond donors (Lipinski definition) is 1. The van der Waals surface area contributed by atoms with Crippen molar-refractivity contribution in [3.8, 4) is 0 Å². The predicted molar refractivity (Wildman–Crippen MR) is 92.0 cm³/mol. The van der Waals surface area contributed by atoms with Gasteiger partial charge in [0.1, 0.15) is 0 Å². The summed E-state index contributed by atoms with van der Waals surface area (Å²) in [4.78, 5) is 6.43. The molecule has 5 heteroatoms. The largest absolute Gasteiger partial charge is 0.369 e. The van der Waals surface area contributed by atoms with E-state index in [1.54, 1.807) is 0 Å². The minimum atomic E-state index is 0.0819. The van der Waals surface area contributed by atoms with Crippen molar-refractivity contribution >= 4 is 39.2 Å². The Labute approximate surface area is 137 Å². The zero-order chi connectivity index (χ0) is 15.0. The van der Waals surface area contributed by atoms with Crippen LogP contribution in [0.1, 0.15) is 17.2 Å². The topological polar surface area (TPSA) is 41.6 Å². The maximum absolute atomic E-state index is 6.10. The summed E-state index contributed by atoms with van der Waals surface area (Å²) < 4.78 is 1.07. The molecule has 3 rings (SSSR count). The third-order valence-electron chi connectivity index (χ3n) is 3.59. The average molecular weight is 365 g/mol. The molecule has 2 N–H and O–H groups in total. The van der Waals surface area contributed by atoms with E-state index < -0.39 is 0 Å². The first kappa shape index (κ1) is 14.4. The van der Waals surface area contributed by atoms with Gasteiger partial charge in [0.15, 0.2) is 5.96 Å². The Morgan fingerprint density at radius 1 is 1.29 bits per heavy atom. The lowest BCUT2D eigenvalue weighted by atomic mass is 10.0. The molecule has 0 aliphatic carbocycles. The molecule has 3 nitrogen and oxygen atoms in total. The smallest absolute Gasteiger partial charge is 0.196 e. The molecule has 1 unspecified atom stereocenters. The highest BCUT2D eigenvalue weighted by Gasteiger charge is 2.30. The summed E-state index contributed by atoms with van der Waals surface area (Å²) in [5, 5.41) is 0.689. The van der Waals surface area contributed by atoms with Crippen molar-refractivity contribution in [2.24, 2.45) is 10.7 Å². The van der Waals surface area contributed by atoms with Gasteiger partial charge in [0.25, 0.3) is 0 Å². The number of nitrogens with zero attached hydrogens (tertiary/aromatic N) is 2. The van der Waals surface area contributed by atoms with Gasteiger partial charge in [0.05, 0.1) is 12.6 Å². The van der Waals surface area contributed by atoms with Gasteiger partial charge in [0.2, 0.25) is 0 Å².